The van der Waals surface area contributed by atoms with Crippen LogP contribution in [0.1, 0.15) is 19.4 Å². The molecule has 1 heterocycles. The highest BCUT2D eigenvalue weighted by molar-refractivity contribution is 14.1. The van der Waals surface area contributed by atoms with Crippen molar-refractivity contribution in [3.05, 3.63) is 27.3 Å². The second-order valence-electron chi connectivity index (χ2n) is 4.75. The summed E-state index contributed by atoms with van der Waals surface area (Å²) in [6.07, 6.45) is 0. The van der Waals surface area contributed by atoms with Crippen molar-refractivity contribution in [2.45, 2.75) is 19.3 Å². The molecular formula is C13H14INO3. The lowest BCUT2D eigenvalue weighted by atomic mass is 9.86. The van der Waals surface area contributed by atoms with Gasteiger partial charge in [-0.05, 0) is 60.2 Å². The molecule has 1 aromatic rings. The van der Waals surface area contributed by atoms with Crippen molar-refractivity contribution in [3.63, 3.8) is 0 Å². The Morgan fingerprint density at radius 3 is 2.72 bits per heavy atom. The zero-order valence-electron chi connectivity index (χ0n) is 10.5. The first-order valence-corrected chi connectivity index (χ1v) is 6.64. The predicted octanol–water partition coefficient (Wildman–Crippen LogP) is 2.09. The number of ether oxygens (including phenoxy) is 1. The summed E-state index contributed by atoms with van der Waals surface area (Å²) < 4.78 is 5.71. The van der Waals surface area contributed by atoms with Gasteiger partial charge in [-0.1, -0.05) is 0 Å². The number of fused-ring (bicyclic) bond motifs is 1. The van der Waals surface area contributed by atoms with Crippen molar-refractivity contribution in [3.8, 4) is 0 Å². The van der Waals surface area contributed by atoms with Gasteiger partial charge in [0.05, 0.1) is 12.5 Å². The number of methoxy groups -OCH3 is 1. The van der Waals surface area contributed by atoms with E-state index in [2.05, 4.69) is 27.3 Å². The third-order valence-electron chi connectivity index (χ3n) is 3.22. The molecule has 0 fully saturated rings. The molecule has 4 nitrogen and oxygen atoms in total. The first-order valence-electron chi connectivity index (χ1n) is 5.56. The normalized spacial score (nSPS) is 16.7. The van der Waals surface area contributed by atoms with Crippen LogP contribution in [0.2, 0.25) is 0 Å². The fourth-order valence-corrected chi connectivity index (χ4v) is 2.65. The van der Waals surface area contributed by atoms with Gasteiger partial charge in [0.2, 0.25) is 5.91 Å². The highest BCUT2D eigenvalue weighted by Crippen LogP contribution is 2.41. The van der Waals surface area contributed by atoms with Crippen molar-refractivity contribution in [2.24, 2.45) is 0 Å². The molecule has 0 aromatic heterocycles. The van der Waals surface area contributed by atoms with Crippen LogP contribution in [0.25, 0.3) is 0 Å². The molecule has 0 N–H and O–H groups in total. The Morgan fingerprint density at radius 1 is 1.44 bits per heavy atom. The number of esters is 1. The van der Waals surface area contributed by atoms with Gasteiger partial charge in [0.15, 0.2) is 0 Å². The Hall–Kier alpha value is -1.11. The zero-order valence-corrected chi connectivity index (χ0v) is 12.6. The van der Waals surface area contributed by atoms with E-state index in [1.807, 2.05) is 32.0 Å². The molecule has 0 bridgehead atoms. The standard InChI is InChI=1S/C13H14INO3/c1-13(2)9-6-8(14)4-5-10(9)15(12(13)17)7-11(16)18-3/h4-6H,7H2,1-3H3. The third-order valence-corrected chi connectivity index (χ3v) is 3.89. The van der Waals surface area contributed by atoms with E-state index in [1.54, 1.807) is 0 Å². The summed E-state index contributed by atoms with van der Waals surface area (Å²) in [6.45, 7) is 3.72. The molecule has 0 unspecified atom stereocenters. The highest BCUT2D eigenvalue weighted by atomic mass is 127. The topological polar surface area (TPSA) is 46.6 Å². The molecule has 5 heteroatoms. The largest absolute Gasteiger partial charge is 0.468 e. The quantitative estimate of drug-likeness (QED) is 0.600. The molecule has 1 aliphatic heterocycles. The lowest BCUT2D eigenvalue weighted by molar-refractivity contribution is -0.140. The zero-order chi connectivity index (χ0) is 13.5. The van der Waals surface area contributed by atoms with Gasteiger partial charge in [0.1, 0.15) is 6.54 Å². The monoisotopic (exact) mass is 359 g/mol. The molecule has 1 aliphatic rings. The van der Waals surface area contributed by atoms with Gasteiger partial charge in [-0.2, -0.15) is 0 Å². The van der Waals surface area contributed by atoms with E-state index < -0.39 is 11.4 Å². The molecule has 1 amide bonds. The Balaban J connectivity index is 2.47. The maximum absolute atomic E-state index is 12.4. The van der Waals surface area contributed by atoms with Crippen LogP contribution in [0, 0.1) is 3.57 Å². The van der Waals surface area contributed by atoms with Gasteiger partial charge in [-0.15, -0.1) is 0 Å². The number of hydrogen-bond donors (Lipinski definition) is 0. The van der Waals surface area contributed by atoms with Gasteiger partial charge in [0, 0.05) is 9.26 Å². The Labute approximate surface area is 119 Å². The SMILES string of the molecule is COC(=O)CN1C(=O)C(C)(C)c2cc(I)ccc21. The number of nitrogens with zero attached hydrogens (tertiary/aromatic N) is 1. The number of hydrogen-bond acceptors (Lipinski definition) is 3. The van der Waals surface area contributed by atoms with Crippen LogP contribution < -0.4 is 4.90 Å². The fraction of sp³-hybridized carbons (Fsp3) is 0.385. The van der Waals surface area contributed by atoms with Crippen molar-refractivity contribution < 1.29 is 14.3 Å². The number of amides is 1. The van der Waals surface area contributed by atoms with E-state index in [-0.39, 0.29) is 12.5 Å². The smallest absolute Gasteiger partial charge is 0.325 e. The molecule has 2 rings (SSSR count). The lowest BCUT2D eigenvalue weighted by Gasteiger charge is -2.19. The molecule has 0 aliphatic carbocycles. The Kier molecular flexibility index (Phi) is 3.35. The van der Waals surface area contributed by atoms with E-state index in [0.717, 1.165) is 14.8 Å². The van der Waals surface area contributed by atoms with E-state index in [9.17, 15) is 9.59 Å². The maximum Gasteiger partial charge on any atom is 0.325 e. The van der Waals surface area contributed by atoms with Crippen LogP contribution in [0.3, 0.4) is 0 Å². The number of rotatable bonds is 2. The Bertz CT molecular complexity index is 525. The van der Waals surface area contributed by atoms with E-state index in [4.69, 9.17) is 0 Å². The molecule has 0 radical (unpaired) electrons. The summed E-state index contributed by atoms with van der Waals surface area (Å²) in [5.41, 5.74) is 1.17. The molecule has 0 atom stereocenters. The second-order valence-corrected chi connectivity index (χ2v) is 6.00. The van der Waals surface area contributed by atoms with Crippen LogP contribution in [-0.2, 0) is 19.7 Å². The third kappa shape index (κ3) is 2.00. The number of anilines is 1. The first kappa shape index (κ1) is 13.3. The maximum atomic E-state index is 12.4. The molecule has 96 valence electrons. The van der Waals surface area contributed by atoms with Crippen molar-refractivity contribution in [1.82, 2.24) is 0 Å². The van der Waals surface area contributed by atoms with Gasteiger partial charge in [-0.25, -0.2) is 0 Å². The van der Waals surface area contributed by atoms with Gasteiger partial charge < -0.3 is 9.64 Å². The van der Waals surface area contributed by atoms with E-state index in [1.165, 1.54) is 12.0 Å². The molecule has 18 heavy (non-hydrogen) atoms. The van der Waals surface area contributed by atoms with Crippen LogP contribution in [0.5, 0.6) is 0 Å². The molecule has 0 saturated carbocycles. The van der Waals surface area contributed by atoms with E-state index in [0.29, 0.717) is 0 Å². The summed E-state index contributed by atoms with van der Waals surface area (Å²) in [7, 11) is 1.32. The summed E-state index contributed by atoms with van der Waals surface area (Å²) >= 11 is 2.22. The van der Waals surface area contributed by atoms with Crippen molar-refractivity contribution in [1.29, 1.82) is 0 Å². The summed E-state index contributed by atoms with van der Waals surface area (Å²) in [6, 6.07) is 5.80. The van der Waals surface area contributed by atoms with Gasteiger partial charge in [-0.3, -0.25) is 9.59 Å². The van der Waals surface area contributed by atoms with Crippen LogP contribution in [0.15, 0.2) is 18.2 Å². The van der Waals surface area contributed by atoms with Crippen LogP contribution >= 0.6 is 22.6 Å². The number of halogens is 1. The average molecular weight is 359 g/mol. The summed E-state index contributed by atoms with van der Waals surface area (Å²) in [5.74, 6) is -0.476. The fourth-order valence-electron chi connectivity index (χ4n) is 2.16. The van der Waals surface area contributed by atoms with Crippen LogP contribution in [0.4, 0.5) is 5.69 Å². The Morgan fingerprint density at radius 2 is 2.11 bits per heavy atom. The van der Waals surface area contributed by atoms with E-state index >= 15 is 0 Å². The average Bonchev–Trinajstić information content (AvgIpc) is 2.51. The summed E-state index contributed by atoms with van der Waals surface area (Å²) in [4.78, 5) is 25.2. The van der Waals surface area contributed by atoms with Crippen molar-refractivity contribution >= 4 is 40.2 Å². The second kappa shape index (κ2) is 4.53. The predicted molar refractivity (Wildman–Crippen MR) is 76.6 cm³/mol. The highest BCUT2D eigenvalue weighted by Gasteiger charge is 2.44. The number of benzene rings is 1. The molecule has 1 aromatic carbocycles. The number of carbonyl (C=O) groups excluding carboxylic acids is 2. The minimum atomic E-state index is -0.593. The molecular weight excluding hydrogens is 345 g/mol. The minimum Gasteiger partial charge on any atom is -0.468 e. The molecule has 0 spiro atoms. The van der Waals surface area contributed by atoms with Gasteiger partial charge >= 0.3 is 5.97 Å². The van der Waals surface area contributed by atoms with Gasteiger partial charge in [0.25, 0.3) is 0 Å². The van der Waals surface area contributed by atoms with Crippen LogP contribution in [-0.4, -0.2) is 25.5 Å². The first-order chi connectivity index (χ1) is 8.37. The summed E-state index contributed by atoms with van der Waals surface area (Å²) in [5, 5.41) is 0. The lowest BCUT2D eigenvalue weighted by Crippen LogP contribution is -2.39. The molecule has 0 saturated heterocycles. The van der Waals surface area contributed by atoms with Crippen molar-refractivity contribution in [2.75, 3.05) is 18.6 Å². The minimum absolute atomic E-state index is 0.0354. The number of carbonyl (C=O) groups is 2.